The minimum Gasteiger partial charge on any atom is -0.478 e. The van der Waals surface area contributed by atoms with Crippen molar-refractivity contribution in [3.05, 3.63) is 23.7 Å². The molecule has 1 aromatic heterocycles. The summed E-state index contributed by atoms with van der Waals surface area (Å²) in [4.78, 5) is 24.3. The van der Waals surface area contributed by atoms with Crippen LogP contribution in [0.4, 0.5) is 0 Å². The van der Waals surface area contributed by atoms with Gasteiger partial charge in [-0.1, -0.05) is 6.92 Å². The molecule has 1 rings (SSSR count). The number of rotatable bonds is 4. The molecule has 94 valence electrons. The Bertz CT molecular complexity index is 433. The van der Waals surface area contributed by atoms with Crippen LogP contribution in [0.25, 0.3) is 0 Å². The van der Waals surface area contributed by atoms with E-state index in [4.69, 9.17) is 9.52 Å². The summed E-state index contributed by atoms with van der Waals surface area (Å²) < 4.78 is 4.98. The van der Waals surface area contributed by atoms with Crippen molar-refractivity contribution in [2.24, 2.45) is 0 Å². The summed E-state index contributed by atoms with van der Waals surface area (Å²) in [5, 5.41) is 8.74. The van der Waals surface area contributed by atoms with Crippen molar-refractivity contribution < 1.29 is 19.1 Å². The largest absolute Gasteiger partial charge is 0.478 e. The molecule has 5 heteroatoms. The highest BCUT2D eigenvalue weighted by Gasteiger charge is 2.28. The lowest BCUT2D eigenvalue weighted by Gasteiger charge is -2.34. The molecule has 17 heavy (non-hydrogen) atoms. The van der Waals surface area contributed by atoms with Crippen molar-refractivity contribution in [3.8, 4) is 0 Å². The van der Waals surface area contributed by atoms with Gasteiger partial charge in [0.05, 0.1) is 5.56 Å². The van der Waals surface area contributed by atoms with E-state index in [1.165, 1.54) is 6.07 Å². The fourth-order valence-electron chi connectivity index (χ4n) is 1.24. The molecule has 1 amide bonds. The minimum absolute atomic E-state index is 0.0175. The lowest BCUT2D eigenvalue weighted by Crippen LogP contribution is -2.44. The van der Waals surface area contributed by atoms with Crippen LogP contribution in [-0.4, -0.2) is 34.5 Å². The lowest BCUT2D eigenvalue weighted by atomic mass is 10.00. The zero-order valence-corrected chi connectivity index (χ0v) is 10.5. The normalized spacial score (nSPS) is 11.3. The van der Waals surface area contributed by atoms with E-state index >= 15 is 0 Å². The van der Waals surface area contributed by atoms with Crippen molar-refractivity contribution >= 4 is 11.9 Å². The predicted octanol–water partition coefficient (Wildman–Crippen LogP) is 2.24. The van der Waals surface area contributed by atoms with E-state index in [0.29, 0.717) is 0 Å². The minimum atomic E-state index is -1.11. The van der Waals surface area contributed by atoms with Gasteiger partial charge in [-0.25, -0.2) is 4.79 Å². The Labute approximate surface area is 100 Å². The molecule has 0 radical (unpaired) electrons. The second-order valence-electron chi connectivity index (χ2n) is 4.53. The van der Waals surface area contributed by atoms with Gasteiger partial charge in [-0.3, -0.25) is 4.79 Å². The summed E-state index contributed by atoms with van der Waals surface area (Å²) in [6.07, 6.45) is 1.87. The number of hydrogen-bond donors (Lipinski definition) is 1. The Morgan fingerprint density at radius 1 is 1.47 bits per heavy atom. The molecule has 0 aliphatic carbocycles. The summed E-state index contributed by atoms with van der Waals surface area (Å²) in [6.45, 7) is 5.85. The smallest absolute Gasteiger partial charge is 0.338 e. The van der Waals surface area contributed by atoms with Crippen molar-refractivity contribution in [1.82, 2.24) is 4.90 Å². The van der Waals surface area contributed by atoms with Crippen LogP contribution in [0.1, 0.15) is 48.1 Å². The molecule has 0 unspecified atom stereocenters. The number of aromatic carboxylic acids is 1. The SMILES string of the molecule is CCC(C)(C)N(C)C(=O)c1cc(C(=O)O)co1. The first-order valence-electron chi connectivity index (χ1n) is 5.39. The zero-order valence-electron chi connectivity index (χ0n) is 10.5. The van der Waals surface area contributed by atoms with Crippen LogP contribution >= 0.6 is 0 Å². The third kappa shape index (κ3) is 2.67. The average molecular weight is 239 g/mol. The second kappa shape index (κ2) is 4.61. The fourth-order valence-corrected chi connectivity index (χ4v) is 1.24. The van der Waals surface area contributed by atoms with Crippen LogP contribution in [-0.2, 0) is 0 Å². The van der Waals surface area contributed by atoms with Crippen LogP contribution in [0.5, 0.6) is 0 Å². The monoisotopic (exact) mass is 239 g/mol. The molecule has 0 atom stereocenters. The predicted molar refractivity (Wildman–Crippen MR) is 62.1 cm³/mol. The maximum Gasteiger partial charge on any atom is 0.338 e. The van der Waals surface area contributed by atoms with E-state index in [-0.39, 0.29) is 22.8 Å². The molecule has 1 aromatic rings. The van der Waals surface area contributed by atoms with E-state index in [1.807, 2.05) is 20.8 Å². The Morgan fingerprint density at radius 2 is 2.06 bits per heavy atom. The van der Waals surface area contributed by atoms with Crippen LogP contribution < -0.4 is 0 Å². The van der Waals surface area contributed by atoms with E-state index in [0.717, 1.165) is 12.7 Å². The van der Waals surface area contributed by atoms with Gasteiger partial charge < -0.3 is 14.4 Å². The van der Waals surface area contributed by atoms with Crippen LogP contribution in [0.2, 0.25) is 0 Å². The van der Waals surface area contributed by atoms with E-state index in [9.17, 15) is 9.59 Å². The van der Waals surface area contributed by atoms with Gasteiger partial charge in [0.2, 0.25) is 0 Å². The van der Waals surface area contributed by atoms with Gasteiger partial charge in [-0.05, 0) is 20.3 Å². The maximum atomic E-state index is 12.0. The van der Waals surface area contributed by atoms with Gasteiger partial charge in [0.25, 0.3) is 5.91 Å². The van der Waals surface area contributed by atoms with Gasteiger partial charge >= 0.3 is 5.97 Å². The number of carbonyl (C=O) groups is 2. The van der Waals surface area contributed by atoms with E-state index in [2.05, 4.69) is 0 Å². The molecular formula is C12H17NO4. The lowest BCUT2D eigenvalue weighted by molar-refractivity contribution is 0.0587. The Balaban J connectivity index is 2.93. The number of nitrogens with zero attached hydrogens (tertiary/aromatic N) is 1. The highest BCUT2D eigenvalue weighted by Crippen LogP contribution is 2.20. The molecule has 0 aliphatic heterocycles. The molecule has 1 heterocycles. The Hall–Kier alpha value is -1.78. The third-order valence-corrected chi connectivity index (χ3v) is 3.14. The van der Waals surface area contributed by atoms with Crippen molar-refractivity contribution in [1.29, 1.82) is 0 Å². The number of amides is 1. The van der Waals surface area contributed by atoms with E-state index < -0.39 is 5.97 Å². The fraction of sp³-hybridized carbons (Fsp3) is 0.500. The Kier molecular flexibility index (Phi) is 3.60. The van der Waals surface area contributed by atoms with Gasteiger partial charge in [-0.15, -0.1) is 0 Å². The third-order valence-electron chi connectivity index (χ3n) is 3.14. The molecule has 5 nitrogen and oxygen atoms in total. The Morgan fingerprint density at radius 3 is 2.47 bits per heavy atom. The summed E-state index contributed by atoms with van der Waals surface area (Å²) in [7, 11) is 1.68. The molecule has 0 aromatic carbocycles. The summed E-state index contributed by atoms with van der Waals surface area (Å²) in [5.41, 5.74) is -0.316. The first kappa shape index (κ1) is 13.3. The van der Waals surface area contributed by atoms with Crippen LogP contribution in [0.15, 0.2) is 16.7 Å². The molecule has 1 N–H and O–H groups in total. The first-order chi connectivity index (χ1) is 7.79. The maximum absolute atomic E-state index is 12.0. The van der Waals surface area contributed by atoms with Gasteiger partial charge in [0.15, 0.2) is 5.76 Å². The summed E-state index contributed by atoms with van der Waals surface area (Å²) in [6, 6.07) is 1.24. The second-order valence-corrected chi connectivity index (χ2v) is 4.53. The zero-order chi connectivity index (χ0) is 13.2. The van der Waals surface area contributed by atoms with E-state index in [1.54, 1.807) is 11.9 Å². The number of carboxylic acids is 1. The van der Waals surface area contributed by atoms with Gasteiger partial charge in [-0.2, -0.15) is 0 Å². The molecular weight excluding hydrogens is 222 g/mol. The highest BCUT2D eigenvalue weighted by molar-refractivity contribution is 5.95. The molecule has 0 saturated heterocycles. The summed E-state index contributed by atoms with van der Waals surface area (Å²) >= 11 is 0. The highest BCUT2D eigenvalue weighted by atomic mass is 16.4. The standard InChI is InChI=1S/C12H17NO4/c1-5-12(2,3)13(4)10(14)9-6-8(7-17-9)11(15)16/h6-7H,5H2,1-4H3,(H,15,16). The number of carboxylic acid groups (broad SMARTS) is 1. The van der Waals surface area contributed by atoms with Crippen LogP contribution in [0.3, 0.4) is 0 Å². The van der Waals surface area contributed by atoms with Crippen LogP contribution in [0, 0.1) is 0 Å². The molecule has 0 saturated carbocycles. The molecule has 0 fully saturated rings. The number of hydrogen-bond acceptors (Lipinski definition) is 3. The molecule has 0 bridgehead atoms. The average Bonchev–Trinajstić information content (AvgIpc) is 2.76. The van der Waals surface area contributed by atoms with Crippen molar-refractivity contribution in [2.45, 2.75) is 32.7 Å². The first-order valence-corrected chi connectivity index (χ1v) is 5.39. The topological polar surface area (TPSA) is 70.8 Å². The number of carbonyl (C=O) groups excluding carboxylic acids is 1. The van der Waals surface area contributed by atoms with Crippen molar-refractivity contribution in [2.75, 3.05) is 7.05 Å². The summed E-state index contributed by atoms with van der Waals surface area (Å²) in [5.74, 6) is -1.37. The quantitative estimate of drug-likeness (QED) is 0.874. The van der Waals surface area contributed by atoms with Crippen molar-refractivity contribution in [3.63, 3.8) is 0 Å². The molecule has 0 aliphatic rings. The molecule has 0 spiro atoms. The number of furan rings is 1. The van der Waals surface area contributed by atoms with Gasteiger partial charge in [0.1, 0.15) is 6.26 Å². The van der Waals surface area contributed by atoms with Gasteiger partial charge in [0, 0.05) is 18.7 Å².